The van der Waals surface area contributed by atoms with Crippen molar-refractivity contribution < 1.29 is 28.7 Å². The lowest BCUT2D eigenvalue weighted by molar-refractivity contribution is -0.144. The highest BCUT2D eigenvalue weighted by molar-refractivity contribution is 6.18. The smallest absolute Gasteiger partial charge is 0.338 e. The van der Waals surface area contributed by atoms with Crippen molar-refractivity contribution in [1.29, 1.82) is 0 Å². The van der Waals surface area contributed by atoms with Gasteiger partial charge in [0.05, 0.1) is 34.8 Å². The van der Waals surface area contributed by atoms with Gasteiger partial charge < -0.3 is 19.4 Å². The van der Waals surface area contributed by atoms with Gasteiger partial charge in [-0.15, -0.1) is 0 Å². The van der Waals surface area contributed by atoms with Crippen LogP contribution in [0.25, 0.3) is 90.9 Å². The summed E-state index contributed by atoms with van der Waals surface area (Å²) in [4.78, 5) is 67.6. The quantitative estimate of drug-likeness (QED) is 0.0784. The molecule has 5 heterocycles. The predicted octanol–water partition coefficient (Wildman–Crippen LogP) is 12.0. The third-order valence-electron chi connectivity index (χ3n) is 12.1. The van der Waals surface area contributed by atoms with Gasteiger partial charge >= 0.3 is 11.9 Å². The molecule has 0 radical (unpaired) electrons. The van der Waals surface area contributed by atoms with E-state index < -0.39 is 17.7 Å². The van der Waals surface area contributed by atoms with Crippen molar-refractivity contribution in [3.63, 3.8) is 0 Å². The molecule has 0 unspecified atom stereocenters. The Morgan fingerprint density at radius 2 is 0.824 bits per heavy atom. The van der Waals surface area contributed by atoms with Crippen LogP contribution >= 0.6 is 0 Å². The van der Waals surface area contributed by atoms with Crippen molar-refractivity contribution in [1.82, 2.24) is 19.9 Å². The first-order valence-corrected chi connectivity index (χ1v) is 22.3. The minimum Gasteiger partial charge on any atom is -0.462 e. The molecule has 10 nitrogen and oxygen atoms in total. The number of hydrogen-bond donors (Lipinski definition) is 2. The van der Waals surface area contributed by atoms with E-state index in [2.05, 4.69) is 140 Å². The summed E-state index contributed by atoms with van der Waals surface area (Å²) in [7, 11) is 0. The van der Waals surface area contributed by atoms with E-state index in [0.29, 0.717) is 5.56 Å². The zero-order chi connectivity index (χ0) is 46.9. The summed E-state index contributed by atoms with van der Waals surface area (Å²) in [5, 5.41) is 0. The molecule has 3 aromatic heterocycles. The monoisotopic (exact) mass is 892 g/mol. The van der Waals surface area contributed by atoms with Crippen molar-refractivity contribution in [3.05, 3.63) is 190 Å². The number of rotatable bonds is 10. The maximum atomic E-state index is 13.2. The summed E-state index contributed by atoms with van der Waals surface area (Å²) in [6, 6.07) is 40.9. The second-order valence-electron chi connectivity index (χ2n) is 17.0. The number of nitrogens with one attached hydrogen (secondary N) is 2. The van der Waals surface area contributed by atoms with Crippen molar-refractivity contribution in [2.75, 3.05) is 13.2 Å². The average molecular weight is 893 g/mol. The molecule has 0 atom stereocenters. The molecule has 4 aromatic carbocycles. The minimum atomic E-state index is -0.706. The molecule has 0 saturated heterocycles. The fourth-order valence-electron chi connectivity index (χ4n) is 8.63. The summed E-state index contributed by atoms with van der Waals surface area (Å²) < 4.78 is 10.6. The van der Waals surface area contributed by atoms with Gasteiger partial charge in [-0.25, -0.2) is 14.8 Å². The van der Waals surface area contributed by atoms with Crippen LogP contribution in [0.2, 0.25) is 0 Å². The number of ether oxygens (including phenoxy) is 2. The van der Waals surface area contributed by atoms with Gasteiger partial charge in [0.2, 0.25) is 0 Å². The molecule has 68 heavy (non-hydrogen) atoms. The molecule has 2 aliphatic heterocycles. The average Bonchev–Trinajstić information content (AvgIpc) is 4.20. The second-order valence-corrected chi connectivity index (χ2v) is 17.0. The fourth-order valence-corrected chi connectivity index (χ4v) is 8.63. The zero-order valence-electron chi connectivity index (χ0n) is 37.6. The summed E-state index contributed by atoms with van der Waals surface area (Å²) in [5.41, 5.74) is 18.0. The van der Waals surface area contributed by atoms with Crippen LogP contribution in [0.15, 0.2) is 145 Å². The van der Waals surface area contributed by atoms with E-state index in [9.17, 15) is 19.2 Å². The van der Waals surface area contributed by atoms with Crippen LogP contribution in [0.3, 0.4) is 0 Å². The Hall–Kier alpha value is -8.76. The Balaban J connectivity index is 1.10. The van der Waals surface area contributed by atoms with Crippen LogP contribution in [0.5, 0.6) is 0 Å². The Morgan fingerprint density at radius 1 is 0.456 bits per heavy atom. The van der Waals surface area contributed by atoms with Gasteiger partial charge in [-0.3, -0.25) is 14.4 Å². The van der Waals surface area contributed by atoms with E-state index in [1.807, 2.05) is 24.3 Å². The number of allylic oxidation sites excluding steroid dienone is 3. The summed E-state index contributed by atoms with van der Waals surface area (Å²) >= 11 is 0. The summed E-state index contributed by atoms with van der Waals surface area (Å²) in [5.74, 6) is -2.10. The predicted molar refractivity (Wildman–Crippen MR) is 268 cm³/mol. The molecule has 3 aliphatic rings. The van der Waals surface area contributed by atoms with Crippen LogP contribution in [-0.4, -0.2) is 56.7 Å². The van der Waals surface area contributed by atoms with E-state index >= 15 is 0 Å². The highest BCUT2D eigenvalue weighted by Gasteiger charge is 2.21. The Labute approximate surface area is 392 Å². The van der Waals surface area contributed by atoms with E-state index in [4.69, 9.17) is 19.4 Å². The lowest BCUT2D eigenvalue weighted by Crippen LogP contribution is -2.17. The van der Waals surface area contributed by atoms with Gasteiger partial charge in [-0.2, -0.15) is 0 Å². The SMILES string of the molecule is Cc1ccc(-c2c3nc(c(-c4ccc(C)cc4)c4ccc([nH]4)c(-c4ccc(C(=O)OCCOC(=O)CC5=CC(=O)C=CC5=O)cc4)c4nc(c(-c5ccc(C)cc5)c5ccc2[nH]5)C=C4)C=C3)cc1. The molecule has 2 N–H and O–H groups in total. The number of fused-ring (bicyclic) bond motifs is 8. The molecule has 8 bridgehead atoms. The number of carbonyl (C=O) groups excluding carboxylic acids is 4. The number of nitrogens with zero attached hydrogens (tertiary/aromatic N) is 2. The molecular formula is C58H44N4O6. The normalized spacial score (nSPS) is 12.9. The minimum absolute atomic E-state index is 0.0531. The van der Waals surface area contributed by atoms with Crippen LogP contribution in [0.1, 0.15) is 56.2 Å². The number of benzene rings is 4. The van der Waals surface area contributed by atoms with Crippen molar-refractivity contribution in [2.24, 2.45) is 0 Å². The Bertz CT molecular complexity index is 3450. The van der Waals surface area contributed by atoms with Gasteiger partial charge in [0.15, 0.2) is 11.6 Å². The maximum absolute atomic E-state index is 13.2. The number of hydrogen-bond acceptors (Lipinski definition) is 8. The number of ketones is 2. The van der Waals surface area contributed by atoms with Gasteiger partial charge in [0, 0.05) is 49.9 Å². The topological polar surface area (TPSA) is 144 Å². The van der Waals surface area contributed by atoms with E-state index in [1.165, 1.54) is 5.56 Å². The lowest BCUT2D eigenvalue weighted by atomic mass is 10.0. The van der Waals surface area contributed by atoms with Crippen molar-refractivity contribution >= 4 is 69.9 Å². The first-order chi connectivity index (χ1) is 33.0. The molecule has 1 aliphatic carbocycles. The molecule has 10 rings (SSSR count). The third kappa shape index (κ3) is 8.82. The molecule has 0 spiro atoms. The second kappa shape index (κ2) is 18.3. The van der Waals surface area contributed by atoms with Gasteiger partial charge in [0.1, 0.15) is 13.2 Å². The first-order valence-electron chi connectivity index (χ1n) is 22.3. The van der Waals surface area contributed by atoms with E-state index in [1.54, 1.807) is 12.1 Å². The fraction of sp³-hybridized carbons (Fsp3) is 0.103. The largest absolute Gasteiger partial charge is 0.462 e. The number of aryl methyl sites for hydroxylation is 3. The van der Waals surface area contributed by atoms with Crippen LogP contribution in [0.4, 0.5) is 0 Å². The van der Waals surface area contributed by atoms with Gasteiger partial charge in [-0.05, 0) is 122 Å². The Morgan fingerprint density at radius 3 is 1.22 bits per heavy atom. The summed E-state index contributed by atoms with van der Waals surface area (Å²) in [6.45, 7) is 5.82. The van der Waals surface area contributed by atoms with Crippen LogP contribution in [0, 0.1) is 20.8 Å². The molecule has 0 fully saturated rings. The standard InChI is InChI=1S/C58H44N4O6/c1-34-4-10-37(11-5-34)54-44-21-23-46(59-44)55(38-12-6-35(2)7-13-38)48-25-27-50(61-48)57(51-28-26-49(62-51)56(47-24-22-45(54)60-47)39-14-8-36(3)9-15-39)40-16-18-41(19-17-40)58(66)68-31-30-67-53(65)33-42-32-43(63)20-29-52(42)64/h4-29,32,59,62H,30-31,33H2,1-3H3. The zero-order valence-corrected chi connectivity index (χ0v) is 37.6. The molecule has 0 amide bonds. The molecule has 7 aromatic rings. The number of esters is 2. The van der Waals surface area contributed by atoms with E-state index in [-0.39, 0.29) is 31.0 Å². The maximum Gasteiger partial charge on any atom is 0.338 e. The third-order valence-corrected chi connectivity index (χ3v) is 12.1. The molecular weight excluding hydrogens is 849 g/mol. The highest BCUT2D eigenvalue weighted by atomic mass is 16.6. The molecule has 0 saturated carbocycles. The number of carbonyl (C=O) groups is 4. The highest BCUT2D eigenvalue weighted by Crippen LogP contribution is 2.38. The number of H-pyrrole nitrogens is 2. The van der Waals surface area contributed by atoms with E-state index in [0.717, 1.165) is 119 Å². The molecule has 10 heteroatoms. The van der Waals surface area contributed by atoms with Crippen LogP contribution in [-0.2, 0) is 23.9 Å². The van der Waals surface area contributed by atoms with Gasteiger partial charge in [0.25, 0.3) is 0 Å². The van der Waals surface area contributed by atoms with Crippen molar-refractivity contribution in [3.8, 4) is 44.5 Å². The Kier molecular flexibility index (Phi) is 11.6. The van der Waals surface area contributed by atoms with Crippen molar-refractivity contribution in [2.45, 2.75) is 27.2 Å². The number of aromatic amines is 2. The van der Waals surface area contributed by atoms with Crippen LogP contribution < -0.4 is 0 Å². The van der Waals surface area contributed by atoms with Gasteiger partial charge in [-0.1, -0.05) is 102 Å². The lowest BCUT2D eigenvalue weighted by Gasteiger charge is -2.09. The molecule has 332 valence electrons. The first kappa shape index (κ1) is 43.1. The summed E-state index contributed by atoms with van der Waals surface area (Å²) in [6.07, 6.45) is 11.3. The number of aromatic nitrogens is 4.